The molecule has 1 aromatic carbocycles. The Bertz CT molecular complexity index is 405. The second-order valence-corrected chi connectivity index (χ2v) is 5.01. The van der Waals surface area contributed by atoms with Crippen LogP contribution < -0.4 is 10.6 Å². The Hall–Kier alpha value is -0.960. The lowest BCUT2D eigenvalue weighted by molar-refractivity contribution is 0.628. The summed E-state index contributed by atoms with van der Waals surface area (Å²) in [6, 6.07) is 3.53. The number of nitrogens with two attached hydrogens (primary N) is 1. The number of halogens is 2. The highest BCUT2D eigenvalue weighted by molar-refractivity contribution is 6.31. The van der Waals surface area contributed by atoms with Crippen LogP contribution >= 0.6 is 11.6 Å². The lowest BCUT2D eigenvalue weighted by Gasteiger charge is -2.26. The molecule has 1 aliphatic rings. The molecule has 1 fully saturated rings. The van der Waals surface area contributed by atoms with Crippen molar-refractivity contribution in [2.45, 2.75) is 38.6 Å². The van der Waals surface area contributed by atoms with E-state index in [4.69, 9.17) is 17.3 Å². The smallest absolute Gasteiger partial charge is 0.143 e. The van der Waals surface area contributed by atoms with Crippen molar-refractivity contribution < 1.29 is 4.39 Å². The highest BCUT2D eigenvalue weighted by Gasteiger charge is 2.30. The molecule has 1 saturated carbocycles. The monoisotopic (exact) mass is 256 g/mol. The number of benzene rings is 1. The highest BCUT2D eigenvalue weighted by atomic mass is 35.5. The third kappa shape index (κ3) is 2.83. The molecule has 0 saturated heterocycles. The van der Waals surface area contributed by atoms with Crippen molar-refractivity contribution in [2.75, 3.05) is 17.2 Å². The average molecular weight is 257 g/mol. The van der Waals surface area contributed by atoms with E-state index in [1.54, 1.807) is 6.07 Å². The molecule has 1 aliphatic carbocycles. The van der Waals surface area contributed by atoms with Crippen LogP contribution in [0, 0.1) is 5.82 Å². The van der Waals surface area contributed by atoms with Crippen molar-refractivity contribution in [2.24, 2.45) is 0 Å². The van der Waals surface area contributed by atoms with Crippen molar-refractivity contribution in [1.29, 1.82) is 0 Å². The molecule has 0 aromatic heterocycles. The first-order valence-electron chi connectivity index (χ1n) is 6.14. The fraction of sp³-hybridized carbons (Fsp3) is 0.538. The predicted octanol–water partition coefficient (Wildman–Crippen LogP) is 3.83. The molecule has 2 rings (SSSR count). The van der Waals surface area contributed by atoms with Gasteiger partial charge in [-0.25, -0.2) is 4.39 Å². The summed E-state index contributed by atoms with van der Waals surface area (Å²) in [5, 5.41) is 0.149. The van der Waals surface area contributed by atoms with Gasteiger partial charge in [0.15, 0.2) is 0 Å². The van der Waals surface area contributed by atoms with Crippen molar-refractivity contribution in [3.05, 3.63) is 23.0 Å². The maximum Gasteiger partial charge on any atom is 0.143 e. The van der Waals surface area contributed by atoms with Crippen LogP contribution in [-0.2, 0) is 0 Å². The maximum atomic E-state index is 13.3. The molecule has 4 heteroatoms. The van der Waals surface area contributed by atoms with Gasteiger partial charge in [0.25, 0.3) is 0 Å². The van der Waals surface area contributed by atoms with Gasteiger partial charge in [-0.3, -0.25) is 0 Å². The summed E-state index contributed by atoms with van der Waals surface area (Å²) in [6.07, 6.45) is 4.64. The first kappa shape index (κ1) is 12.5. The van der Waals surface area contributed by atoms with Crippen LogP contribution in [0.3, 0.4) is 0 Å². The summed E-state index contributed by atoms with van der Waals surface area (Å²) < 4.78 is 13.3. The summed E-state index contributed by atoms with van der Waals surface area (Å²) in [6.45, 7) is 3.12. The van der Waals surface area contributed by atoms with Gasteiger partial charge in [0.1, 0.15) is 5.82 Å². The van der Waals surface area contributed by atoms with Gasteiger partial charge < -0.3 is 10.6 Å². The molecule has 0 radical (unpaired) electrons. The van der Waals surface area contributed by atoms with Crippen molar-refractivity contribution in [3.8, 4) is 0 Å². The van der Waals surface area contributed by atoms with Crippen molar-refractivity contribution in [3.63, 3.8) is 0 Å². The number of anilines is 2. The number of rotatable bonds is 5. The SMILES string of the molecule is CCCCN(c1cc(Cl)c(F)cc1N)C1CC1. The first-order valence-corrected chi connectivity index (χ1v) is 6.52. The van der Waals surface area contributed by atoms with Gasteiger partial charge in [-0.15, -0.1) is 0 Å². The zero-order chi connectivity index (χ0) is 12.4. The van der Waals surface area contributed by atoms with Crippen molar-refractivity contribution >= 4 is 23.0 Å². The van der Waals surface area contributed by atoms with Crippen molar-refractivity contribution in [1.82, 2.24) is 0 Å². The van der Waals surface area contributed by atoms with Gasteiger partial charge in [0.2, 0.25) is 0 Å². The lowest BCUT2D eigenvalue weighted by Crippen LogP contribution is -2.27. The van der Waals surface area contributed by atoms with Crippen LogP contribution in [0.4, 0.5) is 15.8 Å². The molecule has 0 heterocycles. The Morgan fingerprint density at radius 3 is 2.76 bits per heavy atom. The Morgan fingerprint density at radius 1 is 1.47 bits per heavy atom. The van der Waals surface area contributed by atoms with Crippen LogP contribution in [0.1, 0.15) is 32.6 Å². The van der Waals surface area contributed by atoms with Crippen LogP contribution in [0.2, 0.25) is 5.02 Å². The van der Waals surface area contributed by atoms with Gasteiger partial charge >= 0.3 is 0 Å². The molecular weight excluding hydrogens is 239 g/mol. The Labute approximate surface area is 107 Å². The van der Waals surface area contributed by atoms with E-state index in [-0.39, 0.29) is 5.02 Å². The summed E-state index contributed by atoms with van der Waals surface area (Å²) in [5.74, 6) is -0.445. The quantitative estimate of drug-likeness (QED) is 0.812. The second-order valence-electron chi connectivity index (χ2n) is 4.60. The predicted molar refractivity (Wildman–Crippen MR) is 71.1 cm³/mol. The fourth-order valence-corrected chi connectivity index (χ4v) is 2.17. The molecule has 0 unspecified atom stereocenters. The molecule has 2 N–H and O–H groups in total. The van der Waals surface area contributed by atoms with E-state index in [1.165, 1.54) is 18.9 Å². The van der Waals surface area contributed by atoms with E-state index in [0.29, 0.717) is 11.7 Å². The van der Waals surface area contributed by atoms with Gasteiger partial charge in [-0.05, 0) is 25.3 Å². The molecule has 0 bridgehead atoms. The van der Waals surface area contributed by atoms with Gasteiger partial charge in [0.05, 0.1) is 16.4 Å². The Kier molecular flexibility index (Phi) is 3.77. The number of hydrogen-bond donors (Lipinski definition) is 1. The summed E-state index contributed by atoms with van der Waals surface area (Å²) >= 11 is 5.83. The van der Waals surface area contributed by atoms with Gasteiger partial charge in [-0.1, -0.05) is 24.9 Å². The van der Waals surface area contributed by atoms with Gasteiger partial charge in [-0.2, -0.15) is 0 Å². The fourth-order valence-electron chi connectivity index (χ4n) is 2.01. The molecule has 94 valence electrons. The molecule has 17 heavy (non-hydrogen) atoms. The minimum absolute atomic E-state index is 0.149. The molecule has 0 amide bonds. The number of nitrogens with zero attached hydrogens (tertiary/aromatic N) is 1. The zero-order valence-electron chi connectivity index (χ0n) is 10.0. The molecular formula is C13H18ClFN2. The zero-order valence-corrected chi connectivity index (χ0v) is 10.8. The van der Waals surface area contributed by atoms with Crippen LogP contribution in [-0.4, -0.2) is 12.6 Å². The van der Waals surface area contributed by atoms with E-state index in [2.05, 4.69) is 11.8 Å². The van der Waals surface area contributed by atoms with E-state index >= 15 is 0 Å². The normalized spacial score (nSPS) is 15.0. The summed E-state index contributed by atoms with van der Waals surface area (Å²) in [4.78, 5) is 2.27. The lowest BCUT2D eigenvalue weighted by atomic mass is 10.2. The standard InChI is InChI=1S/C13H18ClFN2/c1-2-3-6-17(9-4-5-9)13-7-10(14)11(15)8-12(13)16/h7-9H,2-6,16H2,1H3. The summed E-state index contributed by atoms with van der Waals surface area (Å²) in [5.41, 5.74) is 7.25. The van der Waals surface area contributed by atoms with Gasteiger partial charge in [0, 0.05) is 18.7 Å². The van der Waals surface area contributed by atoms with Crippen LogP contribution in [0.15, 0.2) is 12.1 Å². The third-order valence-electron chi connectivity index (χ3n) is 3.12. The largest absolute Gasteiger partial charge is 0.397 e. The number of unbranched alkanes of at least 4 members (excludes halogenated alkanes) is 1. The van der Waals surface area contributed by atoms with Crippen LogP contribution in [0.5, 0.6) is 0 Å². The molecule has 0 spiro atoms. The number of nitrogen functional groups attached to an aromatic ring is 1. The average Bonchev–Trinajstić information content (AvgIpc) is 3.10. The molecule has 1 aromatic rings. The third-order valence-corrected chi connectivity index (χ3v) is 3.41. The van der Waals surface area contributed by atoms with E-state index < -0.39 is 5.82 Å². The van der Waals surface area contributed by atoms with Crippen LogP contribution in [0.25, 0.3) is 0 Å². The molecule has 0 atom stereocenters. The van der Waals surface area contributed by atoms with E-state index in [0.717, 1.165) is 25.1 Å². The highest BCUT2D eigenvalue weighted by Crippen LogP contribution is 2.37. The molecule has 0 aliphatic heterocycles. The first-order chi connectivity index (χ1) is 8.13. The Morgan fingerprint density at radius 2 is 2.18 bits per heavy atom. The van der Waals surface area contributed by atoms with E-state index in [9.17, 15) is 4.39 Å². The maximum absolute atomic E-state index is 13.3. The number of hydrogen-bond acceptors (Lipinski definition) is 2. The topological polar surface area (TPSA) is 29.3 Å². The Balaban J connectivity index is 2.25. The minimum atomic E-state index is -0.445. The summed E-state index contributed by atoms with van der Waals surface area (Å²) in [7, 11) is 0. The second kappa shape index (κ2) is 5.13. The molecule has 2 nitrogen and oxygen atoms in total. The van der Waals surface area contributed by atoms with E-state index in [1.807, 2.05) is 0 Å². The minimum Gasteiger partial charge on any atom is -0.397 e.